The molecule has 1 aromatic carbocycles. The van der Waals surface area contributed by atoms with E-state index in [9.17, 15) is 62.4 Å². The standard InChI is InChI=1S/C31H35ClN8O14S3/c1-14-34-17(12-55-14)22(36-54-30(2,3)26(46)47)20(43)11-16-24(45)38-13-31(27(48)49,56-25(16)38)39-9-10-40(29(39)51)35-28(50)37-57(52,53)33-8-4-5-18(41)15-6-7-19(42)23(44)21(15)32/h6-7,12,16,25,33,42,44H,4-5,8-11,13H2,1-3H3,(H,46,47)(H,48,49)(H2,35,37,50)/b36-22-/t16-,25-,31-/m1/s1. The number of aromatic nitrogens is 1. The minimum absolute atomic E-state index is 0.0663. The summed E-state index contributed by atoms with van der Waals surface area (Å²) in [6.07, 6.45) is -0.777. The van der Waals surface area contributed by atoms with Crippen molar-refractivity contribution in [1.82, 2.24) is 34.7 Å². The number of β-lactam (4-membered cyclic amide) rings is 1. The number of halogens is 1. The molecule has 1 aromatic heterocycles. The number of carbonyl (C=O) groups is 7. The number of phenols is 2. The Bertz CT molecular complexity index is 2180. The number of amides is 5. The van der Waals surface area contributed by atoms with Gasteiger partial charge in [-0.25, -0.2) is 39.3 Å². The molecule has 22 nitrogen and oxygen atoms in total. The number of aliphatic carboxylic acids is 2. The van der Waals surface area contributed by atoms with E-state index in [1.807, 2.05) is 10.1 Å². The Morgan fingerprint density at radius 2 is 1.84 bits per heavy atom. The van der Waals surface area contributed by atoms with Crippen molar-refractivity contribution in [2.75, 3.05) is 26.2 Å². The number of aromatic hydroxyl groups is 2. The highest BCUT2D eigenvalue weighted by Gasteiger charge is 2.66. The van der Waals surface area contributed by atoms with Crippen LogP contribution in [-0.2, 0) is 34.2 Å². The number of fused-ring (bicyclic) bond motifs is 1. The zero-order valence-electron chi connectivity index (χ0n) is 30.0. The molecule has 3 fully saturated rings. The predicted molar refractivity (Wildman–Crippen MR) is 199 cm³/mol. The lowest BCUT2D eigenvalue weighted by Crippen LogP contribution is -2.60. The van der Waals surface area contributed by atoms with Gasteiger partial charge in [-0.15, -0.1) is 11.3 Å². The number of carboxylic acids is 2. The van der Waals surface area contributed by atoms with Crippen molar-refractivity contribution in [2.24, 2.45) is 11.1 Å². The van der Waals surface area contributed by atoms with Gasteiger partial charge in [-0.05, 0) is 39.3 Å². The van der Waals surface area contributed by atoms with Crippen molar-refractivity contribution < 1.29 is 67.2 Å². The highest BCUT2D eigenvalue weighted by molar-refractivity contribution is 8.02. The molecule has 0 radical (unpaired) electrons. The van der Waals surface area contributed by atoms with Gasteiger partial charge in [-0.3, -0.25) is 19.3 Å². The molecule has 7 N–H and O–H groups in total. The molecule has 5 rings (SSSR count). The molecule has 5 amide bonds. The Balaban J connectivity index is 1.17. The third-order valence-electron chi connectivity index (χ3n) is 8.87. The third-order valence-corrected chi connectivity index (χ3v) is 12.8. The van der Waals surface area contributed by atoms with Gasteiger partial charge in [-0.2, -0.15) is 13.1 Å². The number of phenolic OH excluding ortho intramolecular Hbond substituents is 2. The van der Waals surface area contributed by atoms with Gasteiger partial charge in [-0.1, -0.05) is 28.5 Å². The number of nitrogens with zero attached hydrogens (tertiary/aromatic N) is 5. The summed E-state index contributed by atoms with van der Waals surface area (Å²) < 4.78 is 28.6. The number of thiazole rings is 1. The number of hydrazine groups is 1. The third kappa shape index (κ3) is 8.85. The average molecular weight is 875 g/mol. The zero-order chi connectivity index (χ0) is 42.2. The number of oxime groups is 1. The molecule has 0 saturated carbocycles. The van der Waals surface area contributed by atoms with E-state index in [-0.39, 0.29) is 54.5 Å². The molecule has 57 heavy (non-hydrogen) atoms. The Hall–Kier alpha value is -5.24. The second-order valence-electron chi connectivity index (χ2n) is 13.2. The molecule has 3 atom stereocenters. The van der Waals surface area contributed by atoms with Gasteiger partial charge in [0.1, 0.15) is 5.69 Å². The van der Waals surface area contributed by atoms with Crippen molar-refractivity contribution in [2.45, 2.75) is 55.9 Å². The highest BCUT2D eigenvalue weighted by atomic mass is 35.5. The van der Waals surface area contributed by atoms with Crippen LogP contribution >= 0.6 is 34.7 Å². The first-order valence-corrected chi connectivity index (χ1v) is 20.3. The SMILES string of the molecule is Cc1nc(/C(=N/OC(C)(C)C(=O)O)C(=O)C[C@@H]2C(=O)N3C[C@@](C(=O)O)(N4CCN(NC(=O)NS(=O)(=O)NCCCC(=O)c5ccc(O)c(O)c5Cl)C4=O)S[C@H]23)cs1. The number of hydrogen-bond acceptors (Lipinski definition) is 16. The highest BCUT2D eigenvalue weighted by Crippen LogP contribution is 2.53. The van der Waals surface area contributed by atoms with Gasteiger partial charge in [0.25, 0.3) is 0 Å². The van der Waals surface area contributed by atoms with Gasteiger partial charge in [0, 0.05) is 36.9 Å². The van der Waals surface area contributed by atoms with Gasteiger partial charge in [0.15, 0.2) is 28.8 Å². The van der Waals surface area contributed by atoms with Gasteiger partial charge < -0.3 is 30.2 Å². The van der Waals surface area contributed by atoms with Crippen molar-refractivity contribution in [3.8, 4) is 11.5 Å². The van der Waals surface area contributed by atoms with Crippen molar-refractivity contribution in [1.29, 1.82) is 0 Å². The van der Waals surface area contributed by atoms with Gasteiger partial charge in [0.2, 0.25) is 16.4 Å². The quantitative estimate of drug-likeness (QED) is 0.0289. The number of ketones is 2. The summed E-state index contributed by atoms with van der Waals surface area (Å²) in [5.74, 6) is -7.03. The summed E-state index contributed by atoms with van der Waals surface area (Å²) in [6.45, 7) is 2.73. The number of carboxylic acid groups (broad SMARTS) is 2. The van der Waals surface area contributed by atoms with Crippen LogP contribution in [0.5, 0.6) is 11.5 Å². The second-order valence-corrected chi connectivity index (χ2v) is 17.6. The summed E-state index contributed by atoms with van der Waals surface area (Å²) in [6, 6.07) is -0.168. The van der Waals surface area contributed by atoms with Crippen LogP contribution in [0, 0.1) is 12.8 Å². The summed E-state index contributed by atoms with van der Waals surface area (Å²) in [4.78, 5) is 99.0. The largest absolute Gasteiger partial charge is 0.504 e. The summed E-state index contributed by atoms with van der Waals surface area (Å²) in [5.41, 5.74) is -0.127. The first-order chi connectivity index (χ1) is 26.6. The van der Waals surface area contributed by atoms with E-state index in [1.165, 1.54) is 41.5 Å². The van der Waals surface area contributed by atoms with Crippen LogP contribution in [-0.4, -0.2) is 138 Å². The maximum Gasteiger partial charge on any atom is 0.350 e. The lowest BCUT2D eigenvalue weighted by Gasteiger charge is -2.40. The smallest absolute Gasteiger partial charge is 0.350 e. The van der Waals surface area contributed by atoms with E-state index in [0.29, 0.717) is 10.0 Å². The van der Waals surface area contributed by atoms with Gasteiger partial charge >= 0.3 is 34.2 Å². The molecule has 2 aromatic rings. The van der Waals surface area contributed by atoms with E-state index in [2.05, 4.69) is 10.1 Å². The number of Topliss-reactive ketones (excluding diaryl/α,β-unsaturated/α-hetero) is 2. The molecule has 0 unspecified atom stereocenters. The van der Waals surface area contributed by atoms with Crippen LogP contribution in [0.2, 0.25) is 5.02 Å². The number of aryl methyl sites for hydroxylation is 1. The summed E-state index contributed by atoms with van der Waals surface area (Å²) >= 11 is 7.79. The van der Waals surface area contributed by atoms with Crippen LogP contribution in [0.15, 0.2) is 22.7 Å². The molecule has 0 aliphatic carbocycles. The average Bonchev–Trinajstić information content (AvgIpc) is 3.83. The lowest BCUT2D eigenvalue weighted by molar-refractivity contribution is -0.161. The second kappa shape index (κ2) is 16.3. The Morgan fingerprint density at radius 3 is 2.47 bits per heavy atom. The number of thioether (sulfide) groups is 1. The Morgan fingerprint density at radius 1 is 1.14 bits per heavy atom. The minimum atomic E-state index is -4.53. The van der Waals surface area contributed by atoms with Crippen molar-refractivity contribution in [3.63, 3.8) is 0 Å². The Kier molecular flexibility index (Phi) is 12.3. The van der Waals surface area contributed by atoms with Crippen molar-refractivity contribution >= 4 is 92.1 Å². The molecule has 0 spiro atoms. The fraction of sp³-hybridized carbons (Fsp3) is 0.452. The fourth-order valence-corrected chi connectivity index (χ4v) is 9.13. The first-order valence-electron chi connectivity index (χ1n) is 16.7. The fourth-order valence-electron chi connectivity index (χ4n) is 5.79. The zero-order valence-corrected chi connectivity index (χ0v) is 33.3. The van der Waals surface area contributed by atoms with Crippen LogP contribution in [0.4, 0.5) is 9.59 Å². The Labute approximate surface area is 336 Å². The maximum atomic E-state index is 13.5. The van der Waals surface area contributed by atoms with Crippen LogP contribution in [0.3, 0.4) is 0 Å². The minimum Gasteiger partial charge on any atom is -0.504 e. The van der Waals surface area contributed by atoms with E-state index >= 15 is 0 Å². The predicted octanol–water partition coefficient (Wildman–Crippen LogP) is 0.821. The van der Waals surface area contributed by atoms with Crippen LogP contribution in [0.1, 0.15) is 54.2 Å². The van der Waals surface area contributed by atoms with E-state index in [1.54, 1.807) is 11.6 Å². The molecule has 26 heteroatoms. The first kappa shape index (κ1) is 42.9. The molecule has 3 aliphatic heterocycles. The van der Waals surface area contributed by atoms with Crippen molar-refractivity contribution in [3.05, 3.63) is 38.8 Å². The summed E-state index contributed by atoms with van der Waals surface area (Å²) in [5, 5.41) is 44.2. The number of urea groups is 2. The molecule has 4 heterocycles. The number of nitrogens with one attached hydrogen (secondary N) is 3. The van der Waals surface area contributed by atoms with Gasteiger partial charge in [0.05, 0.1) is 34.4 Å². The van der Waals surface area contributed by atoms with E-state index in [4.69, 9.17) is 16.4 Å². The molecule has 308 valence electrons. The van der Waals surface area contributed by atoms with E-state index < -0.39 is 97.9 Å². The molecule has 3 saturated heterocycles. The maximum absolute atomic E-state index is 13.5. The normalized spacial score (nSPS) is 20.9. The number of carbonyl (C=O) groups excluding carboxylic acids is 5. The summed E-state index contributed by atoms with van der Waals surface area (Å²) in [7, 11) is -4.53. The topological polar surface area (TPSA) is 315 Å². The number of hydrogen-bond donors (Lipinski definition) is 7. The monoisotopic (exact) mass is 874 g/mol. The lowest BCUT2D eigenvalue weighted by atomic mass is 9.90. The number of rotatable bonds is 17. The molecule has 0 bridgehead atoms. The molecule has 3 aliphatic rings. The van der Waals surface area contributed by atoms with Crippen LogP contribution in [0.25, 0.3) is 0 Å². The van der Waals surface area contributed by atoms with Crippen LogP contribution < -0.4 is 14.9 Å². The molecular formula is C31H35ClN8O14S3. The molecular weight excluding hydrogens is 840 g/mol. The number of benzene rings is 1. The van der Waals surface area contributed by atoms with E-state index in [0.717, 1.165) is 22.7 Å².